The number of guanidine groups is 1. The van der Waals surface area contributed by atoms with Gasteiger partial charge >= 0.3 is 0 Å². The van der Waals surface area contributed by atoms with Gasteiger partial charge in [0.25, 0.3) is 0 Å². The van der Waals surface area contributed by atoms with Crippen LogP contribution in [0, 0.1) is 0 Å². The van der Waals surface area contributed by atoms with Crippen molar-refractivity contribution in [1.82, 2.24) is 4.90 Å². The number of nitrogens with zero attached hydrogens (tertiary/aromatic N) is 2. The van der Waals surface area contributed by atoms with Gasteiger partial charge in [-0.1, -0.05) is 24.6 Å². The lowest BCUT2D eigenvalue weighted by Gasteiger charge is -2.25. The molecular weight excluding hydrogens is 264 g/mol. The number of anilines is 1. The Morgan fingerprint density at radius 2 is 2.05 bits per heavy atom. The minimum atomic E-state index is 0.468. The van der Waals surface area contributed by atoms with Gasteiger partial charge in [-0.05, 0) is 32.0 Å². The van der Waals surface area contributed by atoms with E-state index in [9.17, 15) is 0 Å². The molecule has 0 amide bonds. The summed E-state index contributed by atoms with van der Waals surface area (Å²) in [6.45, 7) is 4.68. The summed E-state index contributed by atoms with van der Waals surface area (Å²) in [5.41, 5.74) is 8.00. The molecule has 1 heterocycles. The molecule has 0 atom stereocenters. The van der Waals surface area contributed by atoms with Crippen molar-refractivity contribution in [1.29, 1.82) is 0 Å². The second kappa shape index (κ2) is 8.64. The summed E-state index contributed by atoms with van der Waals surface area (Å²) in [5.74, 6) is 0.468. The van der Waals surface area contributed by atoms with E-state index in [0.717, 1.165) is 24.3 Å². The zero-order valence-electron chi connectivity index (χ0n) is 12.8. The summed E-state index contributed by atoms with van der Waals surface area (Å²) in [6, 6.07) is 7.97. The molecular formula is C16H26N4O. The number of hydrogen-bond donors (Lipinski definition) is 2. The summed E-state index contributed by atoms with van der Waals surface area (Å²) in [4.78, 5) is 6.87. The fraction of sp³-hybridized carbons (Fsp3) is 0.562. The normalized spacial score (nSPS) is 16.9. The van der Waals surface area contributed by atoms with Crippen molar-refractivity contribution in [2.45, 2.75) is 25.9 Å². The Hall–Kier alpha value is -1.59. The van der Waals surface area contributed by atoms with Gasteiger partial charge in [0, 0.05) is 24.9 Å². The van der Waals surface area contributed by atoms with Crippen LogP contribution in [0.15, 0.2) is 29.3 Å². The highest BCUT2D eigenvalue weighted by Crippen LogP contribution is 2.15. The number of ether oxygens (including phenoxy) is 1. The molecule has 1 saturated heterocycles. The Kier molecular flexibility index (Phi) is 6.50. The van der Waals surface area contributed by atoms with Crippen molar-refractivity contribution in [2.75, 3.05) is 38.6 Å². The molecule has 2 rings (SSSR count). The average molecular weight is 290 g/mol. The molecule has 0 aliphatic carbocycles. The van der Waals surface area contributed by atoms with Gasteiger partial charge in [0.05, 0.1) is 13.2 Å². The Labute approximate surface area is 127 Å². The number of methoxy groups -OCH3 is 1. The summed E-state index contributed by atoms with van der Waals surface area (Å²) < 4.78 is 5.18. The SMILES string of the molecule is COCc1ccccc1NC(N)=NCCN1CCCCC1. The monoisotopic (exact) mass is 290 g/mol. The van der Waals surface area contributed by atoms with Crippen LogP contribution in [0.5, 0.6) is 0 Å². The summed E-state index contributed by atoms with van der Waals surface area (Å²) in [5, 5.41) is 3.16. The summed E-state index contributed by atoms with van der Waals surface area (Å²) >= 11 is 0. The first-order valence-corrected chi connectivity index (χ1v) is 7.66. The van der Waals surface area contributed by atoms with E-state index in [1.54, 1.807) is 7.11 Å². The molecule has 3 N–H and O–H groups in total. The molecule has 1 fully saturated rings. The predicted molar refractivity (Wildman–Crippen MR) is 87.6 cm³/mol. The van der Waals surface area contributed by atoms with Crippen molar-refractivity contribution in [3.63, 3.8) is 0 Å². The van der Waals surface area contributed by atoms with E-state index in [2.05, 4.69) is 15.2 Å². The van der Waals surface area contributed by atoms with Gasteiger partial charge in [-0.15, -0.1) is 0 Å². The standard InChI is InChI=1S/C16H26N4O/c1-21-13-14-7-3-4-8-15(14)19-16(17)18-9-12-20-10-5-2-6-11-20/h3-4,7-8H,2,5-6,9-13H2,1H3,(H3,17,18,19). The second-order valence-corrected chi connectivity index (χ2v) is 5.38. The lowest BCUT2D eigenvalue weighted by atomic mass is 10.1. The highest BCUT2D eigenvalue weighted by Gasteiger charge is 2.09. The van der Waals surface area contributed by atoms with Gasteiger partial charge in [0.15, 0.2) is 5.96 Å². The van der Waals surface area contributed by atoms with Crippen LogP contribution in [0.3, 0.4) is 0 Å². The van der Waals surface area contributed by atoms with Gasteiger partial charge < -0.3 is 20.7 Å². The lowest BCUT2D eigenvalue weighted by Crippen LogP contribution is -2.32. The van der Waals surface area contributed by atoms with E-state index in [4.69, 9.17) is 10.5 Å². The molecule has 1 aromatic carbocycles. The highest BCUT2D eigenvalue weighted by molar-refractivity contribution is 5.92. The number of aliphatic imine (C=N–C) groups is 1. The molecule has 0 radical (unpaired) electrons. The first-order chi connectivity index (χ1) is 10.3. The highest BCUT2D eigenvalue weighted by atomic mass is 16.5. The van der Waals surface area contributed by atoms with E-state index in [1.807, 2.05) is 24.3 Å². The third-order valence-corrected chi connectivity index (χ3v) is 3.73. The van der Waals surface area contributed by atoms with Crippen LogP contribution in [-0.2, 0) is 11.3 Å². The Bertz CT molecular complexity index is 455. The zero-order chi connectivity index (χ0) is 14.9. The van der Waals surface area contributed by atoms with E-state index in [0.29, 0.717) is 12.6 Å². The fourth-order valence-corrected chi connectivity index (χ4v) is 2.60. The molecule has 5 nitrogen and oxygen atoms in total. The molecule has 21 heavy (non-hydrogen) atoms. The fourth-order valence-electron chi connectivity index (χ4n) is 2.60. The van der Waals surface area contributed by atoms with Crippen LogP contribution in [0.1, 0.15) is 24.8 Å². The maximum Gasteiger partial charge on any atom is 0.193 e. The smallest absolute Gasteiger partial charge is 0.193 e. The molecule has 0 aromatic heterocycles. The Morgan fingerprint density at radius 3 is 2.81 bits per heavy atom. The number of para-hydroxylation sites is 1. The largest absolute Gasteiger partial charge is 0.380 e. The van der Waals surface area contributed by atoms with Crippen LogP contribution in [0.2, 0.25) is 0 Å². The second-order valence-electron chi connectivity index (χ2n) is 5.38. The molecule has 1 aliphatic heterocycles. The zero-order valence-corrected chi connectivity index (χ0v) is 12.8. The maximum atomic E-state index is 5.97. The molecule has 0 unspecified atom stereocenters. The van der Waals surface area contributed by atoms with Crippen molar-refractivity contribution < 1.29 is 4.74 Å². The number of hydrogen-bond acceptors (Lipinski definition) is 3. The number of piperidine rings is 1. The number of nitrogens with one attached hydrogen (secondary N) is 1. The van der Waals surface area contributed by atoms with Gasteiger partial charge in [-0.25, -0.2) is 0 Å². The van der Waals surface area contributed by atoms with Crippen LogP contribution >= 0.6 is 0 Å². The van der Waals surface area contributed by atoms with Crippen molar-refractivity contribution >= 4 is 11.6 Å². The van der Waals surface area contributed by atoms with E-state index in [-0.39, 0.29) is 0 Å². The molecule has 5 heteroatoms. The van der Waals surface area contributed by atoms with Crippen molar-refractivity contribution in [3.8, 4) is 0 Å². The van der Waals surface area contributed by atoms with Crippen LogP contribution in [0.4, 0.5) is 5.69 Å². The lowest BCUT2D eigenvalue weighted by molar-refractivity contribution is 0.185. The molecule has 0 bridgehead atoms. The van der Waals surface area contributed by atoms with Gasteiger partial charge in [0.1, 0.15) is 0 Å². The number of likely N-dealkylation sites (tertiary alicyclic amines) is 1. The minimum Gasteiger partial charge on any atom is -0.380 e. The quantitative estimate of drug-likeness (QED) is 0.622. The van der Waals surface area contributed by atoms with Gasteiger partial charge in [-0.3, -0.25) is 4.99 Å². The number of rotatable bonds is 6. The van der Waals surface area contributed by atoms with Crippen molar-refractivity contribution in [3.05, 3.63) is 29.8 Å². The Morgan fingerprint density at radius 1 is 1.29 bits per heavy atom. The summed E-state index contributed by atoms with van der Waals surface area (Å²) in [7, 11) is 1.69. The first-order valence-electron chi connectivity index (χ1n) is 7.66. The molecule has 0 spiro atoms. The number of nitrogens with two attached hydrogens (primary N) is 1. The third kappa shape index (κ3) is 5.36. The predicted octanol–water partition coefficient (Wildman–Crippen LogP) is 2.05. The van der Waals surface area contributed by atoms with Crippen LogP contribution in [-0.4, -0.2) is 44.1 Å². The van der Waals surface area contributed by atoms with Crippen LogP contribution < -0.4 is 11.1 Å². The van der Waals surface area contributed by atoms with E-state index >= 15 is 0 Å². The topological polar surface area (TPSA) is 62.9 Å². The van der Waals surface area contributed by atoms with Gasteiger partial charge in [0.2, 0.25) is 0 Å². The average Bonchev–Trinajstić information content (AvgIpc) is 2.50. The third-order valence-electron chi connectivity index (χ3n) is 3.73. The molecule has 116 valence electrons. The maximum absolute atomic E-state index is 5.97. The minimum absolute atomic E-state index is 0.468. The van der Waals surface area contributed by atoms with E-state index in [1.165, 1.54) is 32.4 Å². The molecule has 1 aliphatic rings. The molecule has 0 saturated carbocycles. The molecule has 1 aromatic rings. The first kappa shape index (κ1) is 15.8. The van der Waals surface area contributed by atoms with Crippen LogP contribution in [0.25, 0.3) is 0 Å². The van der Waals surface area contributed by atoms with Crippen molar-refractivity contribution in [2.24, 2.45) is 10.7 Å². The van der Waals surface area contributed by atoms with E-state index < -0.39 is 0 Å². The number of benzene rings is 1. The Balaban J connectivity index is 1.82. The summed E-state index contributed by atoms with van der Waals surface area (Å²) in [6.07, 6.45) is 3.98. The van der Waals surface area contributed by atoms with Gasteiger partial charge in [-0.2, -0.15) is 0 Å².